The van der Waals surface area contributed by atoms with E-state index in [0.29, 0.717) is 23.9 Å². The van der Waals surface area contributed by atoms with Crippen LogP contribution in [0.2, 0.25) is 5.02 Å². The summed E-state index contributed by atoms with van der Waals surface area (Å²) in [7, 11) is 3.95. The number of anilines is 1. The number of ether oxygens (including phenoxy) is 1. The molecule has 0 bridgehead atoms. The molecule has 1 aliphatic rings. The van der Waals surface area contributed by atoms with E-state index in [1.54, 1.807) is 0 Å². The molecule has 0 aliphatic carbocycles. The van der Waals surface area contributed by atoms with E-state index in [1.807, 2.05) is 49.3 Å². The van der Waals surface area contributed by atoms with Crippen LogP contribution in [0, 0.1) is 0 Å². The highest BCUT2D eigenvalue weighted by molar-refractivity contribution is 6.33. The van der Waals surface area contributed by atoms with Crippen LogP contribution in [-0.2, 0) is 11.2 Å². The van der Waals surface area contributed by atoms with Crippen molar-refractivity contribution in [3.05, 3.63) is 52.8 Å². The SMILES string of the molecule is CN(C)c1ccc(-c2nc(Cc3ccc4n[nH]nc4c3)n(C3CCOC(C)(C)C3)n2)cc1Cl. The molecule has 33 heavy (non-hydrogen) atoms. The molecule has 172 valence electrons. The molecule has 1 fully saturated rings. The number of aromatic amines is 1. The van der Waals surface area contributed by atoms with Crippen molar-refractivity contribution in [2.75, 3.05) is 25.6 Å². The maximum Gasteiger partial charge on any atom is 0.181 e. The van der Waals surface area contributed by atoms with Gasteiger partial charge >= 0.3 is 0 Å². The molecule has 0 saturated carbocycles. The molecule has 1 unspecified atom stereocenters. The lowest BCUT2D eigenvalue weighted by Crippen LogP contribution is -2.36. The summed E-state index contributed by atoms with van der Waals surface area (Å²) in [6.07, 6.45) is 2.43. The summed E-state index contributed by atoms with van der Waals surface area (Å²) in [5.41, 5.74) is 4.49. The van der Waals surface area contributed by atoms with E-state index in [1.165, 1.54) is 0 Å². The zero-order chi connectivity index (χ0) is 23.2. The second-order valence-electron chi connectivity index (χ2n) is 9.44. The Bertz CT molecular complexity index is 1290. The Morgan fingerprint density at radius 3 is 2.73 bits per heavy atom. The molecule has 8 nitrogen and oxygen atoms in total. The van der Waals surface area contributed by atoms with Crippen molar-refractivity contribution < 1.29 is 4.74 Å². The van der Waals surface area contributed by atoms with Gasteiger partial charge in [-0.2, -0.15) is 20.5 Å². The van der Waals surface area contributed by atoms with Gasteiger partial charge in [-0.25, -0.2) is 9.67 Å². The van der Waals surface area contributed by atoms with Gasteiger partial charge in [0.15, 0.2) is 5.82 Å². The van der Waals surface area contributed by atoms with Gasteiger partial charge in [0.2, 0.25) is 0 Å². The van der Waals surface area contributed by atoms with E-state index in [2.05, 4.69) is 40.0 Å². The Hall–Kier alpha value is -2.97. The quantitative estimate of drug-likeness (QED) is 0.461. The Labute approximate surface area is 197 Å². The number of hydrogen-bond donors (Lipinski definition) is 1. The van der Waals surface area contributed by atoms with Crippen LogP contribution < -0.4 is 4.90 Å². The average Bonchev–Trinajstić information content (AvgIpc) is 3.39. The first-order chi connectivity index (χ1) is 15.8. The van der Waals surface area contributed by atoms with Gasteiger partial charge in [-0.1, -0.05) is 17.7 Å². The van der Waals surface area contributed by atoms with Gasteiger partial charge in [-0.05, 0) is 62.6 Å². The normalized spacial score (nSPS) is 18.0. The predicted octanol–water partition coefficient (Wildman–Crippen LogP) is 4.66. The largest absolute Gasteiger partial charge is 0.376 e. The van der Waals surface area contributed by atoms with Crippen molar-refractivity contribution in [3.63, 3.8) is 0 Å². The molecule has 1 aliphatic heterocycles. The number of benzene rings is 2. The fourth-order valence-electron chi connectivity index (χ4n) is 4.49. The van der Waals surface area contributed by atoms with Crippen LogP contribution in [-0.4, -0.2) is 56.5 Å². The van der Waals surface area contributed by atoms with Gasteiger partial charge in [0.05, 0.1) is 22.4 Å². The molecule has 2 aromatic heterocycles. The minimum Gasteiger partial charge on any atom is -0.376 e. The van der Waals surface area contributed by atoms with E-state index in [0.717, 1.165) is 46.5 Å². The fraction of sp³-hybridized carbons (Fsp3) is 0.417. The molecular formula is C24H28ClN7O. The number of H-pyrrole nitrogens is 1. The van der Waals surface area contributed by atoms with Crippen molar-refractivity contribution >= 4 is 28.3 Å². The highest BCUT2D eigenvalue weighted by Crippen LogP contribution is 2.34. The molecule has 0 spiro atoms. The minimum atomic E-state index is -0.192. The van der Waals surface area contributed by atoms with Gasteiger partial charge in [-0.3, -0.25) is 0 Å². The molecule has 1 N–H and O–H groups in total. The number of nitrogens with one attached hydrogen (secondary N) is 1. The van der Waals surface area contributed by atoms with Crippen molar-refractivity contribution in [2.24, 2.45) is 0 Å². The Morgan fingerprint density at radius 1 is 1.15 bits per heavy atom. The third kappa shape index (κ3) is 4.45. The Morgan fingerprint density at radius 2 is 1.97 bits per heavy atom. The zero-order valence-corrected chi connectivity index (χ0v) is 20.1. The molecule has 9 heteroatoms. The standard InChI is InChI=1S/C24H28ClN7O/c1-24(2)14-17(9-10-33-24)32-22(12-15-5-7-19-20(11-15)28-30-27-19)26-23(29-32)16-6-8-21(31(3)4)18(25)13-16/h5-8,11,13,17H,9-10,12,14H2,1-4H3,(H,27,28,30). The van der Waals surface area contributed by atoms with Crippen LogP contribution in [0.3, 0.4) is 0 Å². The van der Waals surface area contributed by atoms with Crippen LogP contribution in [0.4, 0.5) is 5.69 Å². The van der Waals surface area contributed by atoms with Gasteiger partial charge in [0.1, 0.15) is 16.9 Å². The highest BCUT2D eigenvalue weighted by atomic mass is 35.5. The minimum absolute atomic E-state index is 0.192. The summed E-state index contributed by atoms with van der Waals surface area (Å²) in [4.78, 5) is 6.97. The van der Waals surface area contributed by atoms with E-state index in [-0.39, 0.29) is 11.6 Å². The summed E-state index contributed by atoms with van der Waals surface area (Å²) < 4.78 is 8.05. The third-order valence-corrected chi connectivity index (χ3v) is 6.45. The Kier molecular flexibility index (Phi) is 5.58. The lowest BCUT2D eigenvalue weighted by Gasteiger charge is -2.35. The molecule has 0 amide bonds. The number of halogens is 1. The van der Waals surface area contributed by atoms with Crippen LogP contribution in [0.5, 0.6) is 0 Å². The molecule has 2 aromatic carbocycles. The van der Waals surface area contributed by atoms with Gasteiger partial charge in [0, 0.05) is 32.7 Å². The smallest absolute Gasteiger partial charge is 0.181 e. The number of hydrogen-bond acceptors (Lipinski definition) is 6. The molecule has 1 atom stereocenters. The number of nitrogens with zero attached hydrogens (tertiary/aromatic N) is 6. The second-order valence-corrected chi connectivity index (χ2v) is 9.84. The zero-order valence-electron chi connectivity index (χ0n) is 19.3. The fourth-order valence-corrected chi connectivity index (χ4v) is 4.84. The molecule has 1 saturated heterocycles. The first-order valence-corrected chi connectivity index (χ1v) is 11.5. The van der Waals surface area contributed by atoms with Crippen LogP contribution in [0.25, 0.3) is 22.4 Å². The summed E-state index contributed by atoms with van der Waals surface area (Å²) in [6.45, 7) is 4.98. The molecule has 3 heterocycles. The first-order valence-electron chi connectivity index (χ1n) is 11.2. The van der Waals surface area contributed by atoms with E-state index < -0.39 is 0 Å². The van der Waals surface area contributed by atoms with Crippen molar-refractivity contribution in [1.29, 1.82) is 0 Å². The maximum absolute atomic E-state index is 6.55. The molecule has 0 radical (unpaired) electrons. The second kappa shape index (κ2) is 8.43. The topological polar surface area (TPSA) is 84.8 Å². The average molecular weight is 466 g/mol. The molecule has 4 aromatic rings. The maximum atomic E-state index is 6.55. The summed E-state index contributed by atoms with van der Waals surface area (Å²) in [5, 5.41) is 16.7. The van der Waals surface area contributed by atoms with Gasteiger partial charge in [0.25, 0.3) is 0 Å². The van der Waals surface area contributed by atoms with Gasteiger partial charge < -0.3 is 9.64 Å². The predicted molar refractivity (Wildman–Crippen MR) is 130 cm³/mol. The van der Waals surface area contributed by atoms with Crippen molar-refractivity contribution in [1.82, 2.24) is 30.2 Å². The monoisotopic (exact) mass is 465 g/mol. The number of aromatic nitrogens is 6. The summed E-state index contributed by atoms with van der Waals surface area (Å²) in [6, 6.07) is 12.3. The highest BCUT2D eigenvalue weighted by Gasteiger charge is 2.32. The van der Waals surface area contributed by atoms with Gasteiger partial charge in [-0.15, -0.1) is 0 Å². The lowest BCUT2D eigenvalue weighted by molar-refractivity contribution is -0.0711. The van der Waals surface area contributed by atoms with Crippen molar-refractivity contribution in [3.8, 4) is 11.4 Å². The summed E-state index contributed by atoms with van der Waals surface area (Å²) >= 11 is 6.55. The Balaban J connectivity index is 1.54. The number of fused-ring (bicyclic) bond motifs is 1. The summed E-state index contributed by atoms with van der Waals surface area (Å²) in [5.74, 6) is 1.60. The van der Waals surface area contributed by atoms with E-state index >= 15 is 0 Å². The molecule has 5 rings (SSSR count). The third-order valence-electron chi connectivity index (χ3n) is 6.15. The van der Waals surface area contributed by atoms with Crippen LogP contribution in [0.15, 0.2) is 36.4 Å². The number of rotatable bonds is 5. The van der Waals surface area contributed by atoms with E-state index in [9.17, 15) is 0 Å². The lowest BCUT2D eigenvalue weighted by atomic mass is 9.94. The van der Waals surface area contributed by atoms with E-state index in [4.69, 9.17) is 26.4 Å². The van der Waals surface area contributed by atoms with Crippen LogP contribution >= 0.6 is 11.6 Å². The first kappa shape index (κ1) is 21.9. The van der Waals surface area contributed by atoms with Crippen molar-refractivity contribution in [2.45, 2.75) is 44.8 Å². The molecular weight excluding hydrogens is 438 g/mol. The van der Waals surface area contributed by atoms with Crippen LogP contribution in [0.1, 0.15) is 44.1 Å².